The van der Waals surface area contributed by atoms with Crippen LogP contribution in [0.4, 0.5) is 5.13 Å². The zero-order valence-corrected chi connectivity index (χ0v) is 20.2. The zero-order chi connectivity index (χ0) is 22.5. The average Bonchev–Trinajstić information content (AvgIpc) is 3.23. The first-order chi connectivity index (χ1) is 15.5. The number of amides is 1. The molecule has 164 valence electrons. The maximum Gasteiger partial charge on any atom is 0.233 e. The summed E-state index contributed by atoms with van der Waals surface area (Å²) in [5.41, 5.74) is 4.20. The van der Waals surface area contributed by atoms with Crippen molar-refractivity contribution in [1.29, 1.82) is 0 Å². The summed E-state index contributed by atoms with van der Waals surface area (Å²) in [6, 6.07) is 18.5. The highest BCUT2D eigenvalue weighted by molar-refractivity contribution is 7.99. The quantitative estimate of drug-likeness (QED) is 0.274. The molecule has 0 radical (unpaired) electrons. The van der Waals surface area contributed by atoms with Gasteiger partial charge in [-0.3, -0.25) is 14.7 Å². The van der Waals surface area contributed by atoms with Crippen molar-refractivity contribution >= 4 is 44.4 Å². The van der Waals surface area contributed by atoms with Crippen LogP contribution in [0.25, 0.3) is 10.2 Å². The van der Waals surface area contributed by atoms with Crippen molar-refractivity contribution in [2.24, 2.45) is 0 Å². The fraction of sp³-hybridized carbons (Fsp3) is 0.269. The largest absolute Gasteiger partial charge is 0.283 e. The molecule has 0 saturated heterocycles. The van der Waals surface area contributed by atoms with Crippen LogP contribution < -0.4 is 4.90 Å². The van der Waals surface area contributed by atoms with Crippen molar-refractivity contribution in [3.63, 3.8) is 0 Å². The second-order valence-electron chi connectivity index (χ2n) is 7.94. The van der Waals surface area contributed by atoms with Gasteiger partial charge in [-0.2, -0.15) is 0 Å². The summed E-state index contributed by atoms with van der Waals surface area (Å²) >= 11 is 3.38. The number of pyridine rings is 1. The predicted octanol–water partition coefficient (Wildman–Crippen LogP) is 6.70. The standard InChI is InChI=1S/C26H27N3OS2/c1-4-31-21-12-10-19(11-13-21)15-24(30)29(17-20-7-6-14-27-16-20)26-28-25-22(18(2)3)8-5-9-23(25)32-26/h5-14,16,18H,4,15,17H2,1-3H3. The van der Waals surface area contributed by atoms with Crippen LogP contribution in [0.1, 0.15) is 43.4 Å². The van der Waals surface area contributed by atoms with Crippen molar-refractivity contribution in [2.45, 2.75) is 44.6 Å². The van der Waals surface area contributed by atoms with Crippen LogP contribution in [0, 0.1) is 0 Å². The van der Waals surface area contributed by atoms with Crippen molar-refractivity contribution < 1.29 is 4.79 Å². The lowest BCUT2D eigenvalue weighted by Gasteiger charge is -2.20. The number of hydrogen-bond donors (Lipinski definition) is 0. The van der Waals surface area contributed by atoms with Crippen LogP contribution in [0.3, 0.4) is 0 Å². The highest BCUT2D eigenvalue weighted by Gasteiger charge is 2.22. The van der Waals surface area contributed by atoms with Gasteiger partial charge < -0.3 is 0 Å². The van der Waals surface area contributed by atoms with Gasteiger partial charge in [-0.05, 0) is 52.6 Å². The van der Waals surface area contributed by atoms with E-state index in [1.165, 1.54) is 10.5 Å². The van der Waals surface area contributed by atoms with Crippen molar-refractivity contribution in [3.8, 4) is 0 Å². The Morgan fingerprint density at radius 2 is 1.88 bits per heavy atom. The van der Waals surface area contributed by atoms with Crippen molar-refractivity contribution in [3.05, 3.63) is 83.7 Å². The van der Waals surface area contributed by atoms with Crippen LogP contribution in [-0.2, 0) is 17.8 Å². The van der Waals surface area contributed by atoms with Gasteiger partial charge in [0.05, 0.1) is 23.2 Å². The van der Waals surface area contributed by atoms with Crippen LogP contribution in [-0.4, -0.2) is 21.6 Å². The number of anilines is 1. The number of para-hydroxylation sites is 1. The number of fused-ring (bicyclic) bond motifs is 1. The van der Waals surface area contributed by atoms with Gasteiger partial charge in [0.15, 0.2) is 5.13 Å². The molecule has 4 aromatic rings. The molecule has 0 fully saturated rings. The highest BCUT2D eigenvalue weighted by atomic mass is 32.2. The predicted molar refractivity (Wildman–Crippen MR) is 136 cm³/mol. The normalized spacial score (nSPS) is 11.2. The minimum Gasteiger partial charge on any atom is -0.283 e. The number of carbonyl (C=O) groups excluding carboxylic acids is 1. The number of aromatic nitrogens is 2. The number of carbonyl (C=O) groups is 1. The molecule has 0 unspecified atom stereocenters. The molecule has 0 spiro atoms. The lowest BCUT2D eigenvalue weighted by atomic mass is 10.0. The fourth-order valence-electron chi connectivity index (χ4n) is 3.62. The van der Waals surface area contributed by atoms with E-state index in [4.69, 9.17) is 4.98 Å². The zero-order valence-electron chi connectivity index (χ0n) is 18.6. The summed E-state index contributed by atoms with van der Waals surface area (Å²) in [4.78, 5) is 25.7. The third-order valence-corrected chi connectivity index (χ3v) is 7.18. The fourth-order valence-corrected chi connectivity index (χ4v) is 5.30. The first kappa shape index (κ1) is 22.5. The molecule has 6 heteroatoms. The number of nitrogens with zero attached hydrogens (tertiary/aromatic N) is 3. The minimum atomic E-state index is 0.0369. The molecule has 0 aliphatic rings. The molecule has 2 aromatic heterocycles. The second-order valence-corrected chi connectivity index (χ2v) is 10.3. The Kier molecular flexibility index (Phi) is 7.22. The van der Waals surface area contributed by atoms with E-state index in [-0.39, 0.29) is 5.91 Å². The Morgan fingerprint density at radius 1 is 1.06 bits per heavy atom. The van der Waals surface area contributed by atoms with Gasteiger partial charge in [-0.25, -0.2) is 4.98 Å². The lowest BCUT2D eigenvalue weighted by molar-refractivity contribution is -0.118. The first-order valence-corrected chi connectivity index (χ1v) is 12.7. The summed E-state index contributed by atoms with van der Waals surface area (Å²) in [5, 5.41) is 0.736. The number of hydrogen-bond acceptors (Lipinski definition) is 5. The monoisotopic (exact) mass is 461 g/mol. The summed E-state index contributed by atoms with van der Waals surface area (Å²) < 4.78 is 1.11. The van der Waals surface area contributed by atoms with Crippen molar-refractivity contribution in [1.82, 2.24) is 9.97 Å². The molecule has 0 atom stereocenters. The summed E-state index contributed by atoms with van der Waals surface area (Å²) in [6.45, 7) is 6.94. The number of benzene rings is 2. The van der Waals surface area contributed by atoms with Gasteiger partial charge in [0, 0.05) is 17.3 Å². The molecule has 4 rings (SSSR count). The topological polar surface area (TPSA) is 46.1 Å². The van der Waals surface area contributed by atoms with E-state index in [0.29, 0.717) is 18.9 Å². The van der Waals surface area contributed by atoms with Gasteiger partial charge >= 0.3 is 0 Å². The molecular formula is C26H27N3OS2. The van der Waals surface area contributed by atoms with Crippen LogP contribution in [0.15, 0.2) is 71.9 Å². The highest BCUT2D eigenvalue weighted by Crippen LogP contribution is 2.34. The summed E-state index contributed by atoms with van der Waals surface area (Å²) in [7, 11) is 0. The Labute approximate surface area is 197 Å². The summed E-state index contributed by atoms with van der Waals surface area (Å²) in [6.07, 6.45) is 3.90. The van der Waals surface area contributed by atoms with Crippen molar-refractivity contribution in [2.75, 3.05) is 10.7 Å². The maximum absolute atomic E-state index is 13.5. The van der Waals surface area contributed by atoms with Crippen LogP contribution in [0.5, 0.6) is 0 Å². The third-order valence-electron chi connectivity index (χ3n) is 5.25. The number of thiazole rings is 1. The van der Waals surface area contributed by atoms with E-state index in [2.05, 4.69) is 56.1 Å². The molecule has 0 saturated carbocycles. The van der Waals surface area contributed by atoms with Gasteiger partial charge in [0.2, 0.25) is 5.91 Å². The molecule has 32 heavy (non-hydrogen) atoms. The van der Waals surface area contributed by atoms with E-state index >= 15 is 0 Å². The van der Waals surface area contributed by atoms with Gasteiger partial charge in [0.1, 0.15) is 0 Å². The van der Waals surface area contributed by atoms with Gasteiger partial charge in [-0.1, -0.05) is 62.4 Å². The second kappa shape index (κ2) is 10.3. The number of rotatable bonds is 8. The molecule has 0 N–H and O–H groups in total. The molecular weight excluding hydrogens is 434 g/mol. The smallest absolute Gasteiger partial charge is 0.233 e. The molecule has 0 aliphatic heterocycles. The Morgan fingerprint density at radius 3 is 2.56 bits per heavy atom. The number of thioether (sulfide) groups is 1. The Bertz CT molecular complexity index is 1190. The first-order valence-electron chi connectivity index (χ1n) is 10.9. The van der Waals surface area contributed by atoms with E-state index < -0.39 is 0 Å². The summed E-state index contributed by atoms with van der Waals surface area (Å²) in [5.74, 6) is 1.44. The molecule has 2 heterocycles. The molecule has 1 amide bonds. The van der Waals surface area contributed by atoms with Gasteiger partial charge in [0.25, 0.3) is 0 Å². The van der Waals surface area contributed by atoms with Crippen LogP contribution in [0.2, 0.25) is 0 Å². The van der Waals surface area contributed by atoms with Gasteiger partial charge in [-0.15, -0.1) is 11.8 Å². The molecule has 0 bridgehead atoms. The molecule has 0 aliphatic carbocycles. The lowest BCUT2D eigenvalue weighted by Crippen LogP contribution is -2.31. The van der Waals surface area contributed by atoms with E-state index in [9.17, 15) is 4.79 Å². The third kappa shape index (κ3) is 5.19. The SMILES string of the molecule is CCSc1ccc(CC(=O)N(Cc2cccnc2)c2nc3c(C(C)C)cccc3s2)cc1. The maximum atomic E-state index is 13.5. The van der Waals surface area contributed by atoms with E-state index in [1.807, 2.05) is 30.5 Å². The average molecular weight is 462 g/mol. The molecule has 4 nitrogen and oxygen atoms in total. The Balaban J connectivity index is 1.66. The Hall–Kier alpha value is -2.70. The van der Waals surface area contributed by atoms with E-state index in [1.54, 1.807) is 34.2 Å². The minimum absolute atomic E-state index is 0.0369. The molecule has 2 aromatic carbocycles. The van der Waals surface area contributed by atoms with E-state index in [0.717, 1.165) is 32.2 Å². The van der Waals surface area contributed by atoms with Crippen LogP contribution >= 0.6 is 23.1 Å².